The number of aliphatic hydroxyl groups is 1. The minimum atomic E-state index is -0.386. The molecule has 1 unspecified atom stereocenters. The molecule has 0 bridgehead atoms. The van der Waals surface area contributed by atoms with Crippen molar-refractivity contribution >= 4 is 0 Å². The molecule has 116 valence electrons. The first-order valence-corrected chi connectivity index (χ1v) is 7.53. The topological polar surface area (TPSA) is 64.5 Å². The third-order valence-corrected chi connectivity index (χ3v) is 3.90. The highest BCUT2D eigenvalue weighted by atomic mass is 16.5. The van der Waals surface area contributed by atoms with Crippen molar-refractivity contribution in [2.45, 2.75) is 31.7 Å². The van der Waals surface area contributed by atoms with Crippen LogP contribution in [-0.4, -0.2) is 33.9 Å². The lowest BCUT2D eigenvalue weighted by Gasteiger charge is -2.14. The third-order valence-electron chi connectivity index (χ3n) is 3.90. The van der Waals surface area contributed by atoms with Crippen molar-refractivity contribution in [1.82, 2.24) is 9.97 Å². The zero-order valence-electron chi connectivity index (χ0n) is 12.3. The predicted octanol–water partition coefficient (Wildman–Crippen LogP) is 2.21. The molecule has 1 heterocycles. The molecule has 3 atom stereocenters. The molecule has 1 aliphatic carbocycles. The second-order valence-electron chi connectivity index (χ2n) is 5.59. The Morgan fingerprint density at radius 1 is 1.14 bits per heavy atom. The number of rotatable bonds is 6. The van der Waals surface area contributed by atoms with Gasteiger partial charge >= 0.3 is 0 Å². The van der Waals surface area contributed by atoms with Gasteiger partial charge in [0.1, 0.15) is 12.4 Å². The molecule has 0 saturated heterocycles. The van der Waals surface area contributed by atoms with E-state index in [1.54, 1.807) is 12.3 Å². The SMILES string of the molecule is O[C@H]1C[C@H](Oc2ccncn2)CC1COCc1ccccc1. The Morgan fingerprint density at radius 2 is 2.00 bits per heavy atom. The zero-order valence-corrected chi connectivity index (χ0v) is 12.3. The number of hydrogen-bond donors (Lipinski definition) is 1. The monoisotopic (exact) mass is 300 g/mol. The normalized spacial score (nSPS) is 24.3. The quantitative estimate of drug-likeness (QED) is 0.886. The van der Waals surface area contributed by atoms with Crippen LogP contribution in [0.4, 0.5) is 0 Å². The second-order valence-corrected chi connectivity index (χ2v) is 5.59. The van der Waals surface area contributed by atoms with E-state index < -0.39 is 0 Å². The summed E-state index contributed by atoms with van der Waals surface area (Å²) in [6, 6.07) is 11.8. The van der Waals surface area contributed by atoms with E-state index in [1.807, 2.05) is 30.3 Å². The van der Waals surface area contributed by atoms with E-state index >= 15 is 0 Å². The molecule has 5 nitrogen and oxygen atoms in total. The van der Waals surface area contributed by atoms with Gasteiger partial charge in [0, 0.05) is 24.6 Å². The number of hydrogen-bond acceptors (Lipinski definition) is 5. The van der Waals surface area contributed by atoms with E-state index in [0.717, 1.165) is 12.0 Å². The molecule has 22 heavy (non-hydrogen) atoms. The molecule has 0 amide bonds. The third kappa shape index (κ3) is 4.02. The van der Waals surface area contributed by atoms with Crippen molar-refractivity contribution in [3.05, 3.63) is 54.5 Å². The summed E-state index contributed by atoms with van der Waals surface area (Å²) in [4.78, 5) is 7.91. The Labute approximate surface area is 129 Å². The van der Waals surface area contributed by atoms with Crippen LogP contribution in [-0.2, 0) is 11.3 Å². The largest absolute Gasteiger partial charge is 0.474 e. The smallest absolute Gasteiger partial charge is 0.216 e. The number of aliphatic hydroxyl groups excluding tert-OH is 1. The van der Waals surface area contributed by atoms with Crippen molar-refractivity contribution in [2.75, 3.05) is 6.61 Å². The van der Waals surface area contributed by atoms with Gasteiger partial charge in [0.25, 0.3) is 0 Å². The first-order valence-electron chi connectivity index (χ1n) is 7.53. The van der Waals surface area contributed by atoms with Gasteiger partial charge in [-0.1, -0.05) is 30.3 Å². The zero-order chi connectivity index (χ0) is 15.2. The summed E-state index contributed by atoms with van der Waals surface area (Å²) < 4.78 is 11.5. The first-order chi connectivity index (χ1) is 10.8. The molecule has 1 aromatic heterocycles. The van der Waals surface area contributed by atoms with Gasteiger partial charge in [-0.05, 0) is 12.0 Å². The Balaban J connectivity index is 1.45. The Hall–Kier alpha value is -1.98. The molecule has 0 spiro atoms. The van der Waals surface area contributed by atoms with Crippen molar-refractivity contribution in [3.63, 3.8) is 0 Å². The summed E-state index contributed by atoms with van der Waals surface area (Å²) in [5, 5.41) is 10.1. The lowest BCUT2D eigenvalue weighted by molar-refractivity contribution is 0.0367. The minimum Gasteiger partial charge on any atom is -0.474 e. The van der Waals surface area contributed by atoms with Crippen LogP contribution in [0.25, 0.3) is 0 Å². The molecule has 1 aliphatic rings. The van der Waals surface area contributed by atoms with Gasteiger partial charge in [0.15, 0.2) is 0 Å². The van der Waals surface area contributed by atoms with Gasteiger partial charge in [0.05, 0.1) is 19.3 Å². The number of aromatic nitrogens is 2. The lowest BCUT2D eigenvalue weighted by atomic mass is 10.1. The van der Waals surface area contributed by atoms with Crippen molar-refractivity contribution in [1.29, 1.82) is 0 Å². The maximum absolute atomic E-state index is 10.1. The average Bonchev–Trinajstić information content (AvgIpc) is 2.89. The summed E-state index contributed by atoms with van der Waals surface area (Å²) in [5.74, 6) is 0.661. The standard InChI is InChI=1S/C17H20N2O3/c20-16-9-15(22-17-6-7-18-12-19-17)8-14(16)11-21-10-13-4-2-1-3-5-13/h1-7,12,14-16,20H,8-11H2/t14?,15-,16+/m1/s1. The molecule has 5 heteroatoms. The minimum absolute atomic E-state index is 0.0183. The van der Waals surface area contributed by atoms with E-state index in [-0.39, 0.29) is 18.1 Å². The summed E-state index contributed by atoms with van der Waals surface area (Å²) in [6.07, 6.45) is 4.09. The molecule has 1 aromatic carbocycles. The van der Waals surface area contributed by atoms with Crippen LogP contribution in [0, 0.1) is 5.92 Å². The molecule has 2 aromatic rings. The molecule has 1 fully saturated rings. The molecule has 0 radical (unpaired) electrons. The van der Waals surface area contributed by atoms with Gasteiger partial charge in [0.2, 0.25) is 5.88 Å². The van der Waals surface area contributed by atoms with Crippen molar-refractivity contribution < 1.29 is 14.6 Å². The number of benzene rings is 1. The Bertz CT molecular complexity index is 565. The van der Waals surface area contributed by atoms with Crippen LogP contribution >= 0.6 is 0 Å². The predicted molar refractivity (Wildman–Crippen MR) is 81.3 cm³/mol. The fourth-order valence-corrected chi connectivity index (χ4v) is 2.75. The summed E-state index contributed by atoms with van der Waals surface area (Å²) in [6.45, 7) is 1.11. The molecular weight excluding hydrogens is 280 g/mol. The summed E-state index contributed by atoms with van der Waals surface area (Å²) >= 11 is 0. The summed E-state index contributed by atoms with van der Waals surface area (Å²) in [7, 11) is 0. The van der Waals surface area contributed by atoms with E-state index in [9.17, 15) is 5.11 Å². The first kappa shape index (κ1) is 14.9. The Morgan fingerprint density at radius 3 is 2.77 bits per heavy atom. The van der Waals surface area contributed by atoms with Crippen LogP contribution in [0.3, 0.4) is 0 Å². The number of ether oxygens (including phenoxy) is 2. The second kappa shape index (κ2) is 7.33. The van der Waals surface area contributed by atoms with E-state index in [0.29, 0.717) is 25.5 Å². The van der Waals surface area contributed by atoms with Crippen molar-refractivity contribution in [3.8, 4) is 5.88 Å². The molecule has 0 aliphatic heterocycles. The van der Waals surface area contributed by atoms with E-state index in [1.165, 1.54) is 6.33 Å². The van der Waals surface area contributed by atoms with Crippen molar-refractivity contribution in [2.24, 2.45) is 5.92 Å². The van der Waals surface area contributed by atoms with Crippen LogP contribution in [0.15, 0.2) is 48.9 Å². The lowest BCUT2D eigenvalue weighted by Crippen LogP contribution is -2.18. The summed E-state index contributed by atoms with van der Waals surface area (Å²) in [5.41, 5.74) is 1.14. The van der Waals surface area contributed by atoms with Crippen LogP contribution in [0.2, 0.25) is 0 Å². The van der Waals surface area contributed by atoms with Gasteiger partial charge in [-0.15, -0.1) is 0 Å². The van der Waals surface area contributed by atoms with Gasteiger partial charge in [-0.25, -0.2) is 9.97 Å². The van der Waals surface area contributed by atoms with E-state index in [2.05, 4.69) is 9.97 Å². The number of nitrogens with zero attached hydrogens (tertiary/aromatic N) is 2. The Kier molecular flexibility index (Phi) is 4.98. The fourth-order valence-electron chi connectivity index (χ4n) is 2.75. The average molecular weight is 300 g/mol. The van der Waals surface area contributed by atoms with Gasteiger partial charge in [-0.3, -0.25) is 0 Å². The van der Waals surface area contributed by atoms with Gasteiger partial charge < -0.3 is 14.6 Å². The highest BCUT2D eigenvalue weighted by Gasteiger charge is 2.34. The van der Waals surface area contributed by atoms with E-state index in [4.69, 9.17) is 9.47 Å². The maximum atomic E-state index is 10.1. The molecule has 3 rings (SSSR count). The highest BCUT2D eigenvalue weighted by Crippen LogP contribution is 2.29. The highest BCUT2D eigenvalue weighted by molar-refractivity contribution is 5.13. The molecule has 1 N–H and O–H groups in total. The molecular formula is C17H20N2O3. The van der Waals surface area contributed by atoms with Crippen LogP contribution in [0.5, 0.6) is 5.88 Å². The fraction of sp³-hybridized carbons (Fsp3) is 0.412. The van der Waals surface area contributed by atoms with Gasteiger partial charge in [-0.2, -0.15) is 0 Å². The maximum Gasteiger partial charge on any atom is 0.216 e. The van der Waals surface area contributed by atoms with Crippen LogP contribution in [0.1, 0.15) is 18.4 Å². The van der Waals surface area contributed by atoms with Crippen LogP contribution < -0.4 is 4.74 Å². The molecule has 1 saturated carbocycles.